The maximum atomic E-state index is 14.6. The summed E-state index contributed by atoms with van der Waals surface area (Å²) < 4.78 is 149. The molecule has 0 spiro atoms. The molecule has 3 heterocycles. The lowest BCUT2D eigenvalue weighted by Gasteiger charge is -2.38. The Labute approximate surface area is 300 Å². The molecule has 0 N–H and O–H groups in total. The second kappa shape index (κ2) is 14.5. The molecule has 6 rings (SSSR count). The molecule has 8 nitrogen and oxygen atoms in total. The number of carbonyl (C=O) groups excluding carboxylic acids is 1. The van der Waals surface area contributed by atoms with Crippen molar-refractivity contribution in [2.24, 2.45) is 7.05 Å². The van der Waals surface area contributed by atoms with E-state index in [1.807, 2.05) is 7.05 Å². The number of rotatable bonds is 8. The predicted octanol–water partition coefficient (Wildman–Crippen LogP) is 7.48. The van der Waals surface area contributed by atoms with Crippen molar-refractivity contribution in [1.82, 2.24) is 24.6 Å². The first kappa shape index (κ1) is 38.4. The average molecular weight is 774 g/mol. The molecule has 53 heavy (non-hydrogen) atoms. The third kappa shape index (κ3) is 7.07. The first-order chi connectivity index (χ1) is 25.0. The number of alkyl halides is 6. The lowest BCUT2D eigenvalue weighted by molar-refractivity contribution is -0.392. The summed E-state index contributed by atoms with van der Waals surface area (Å²) in [5.74, 6) is -2.61. The Bertz CT molecular complexity index is 1880. The average Bonchev–Trinajstić information content (AvgIpc) is 3.76. The Morgan fingerprint density at radius 2 is 1.49 bits per heavy atom. The number of piperidine rings is 1. The summed E-state index contributed by atoms with van der Waals surface area (Å²) in [7, 11) is 1.82. The predicted molar refractivity (Wildman–Crippen MR) is 172 cm³/mol. The van der Waals surface area contributed by atoms with Crippen LogP contribution < -0.4 is 0 Å². The standard InChI is InChI=1S/C35H32F9N5O3S/c1-47-21-45-46-30(47)22-13-16-48(17-14-22)31(50)49-18-15-32(20-49,53(51)26-11-9-25(36)10-12-26)23-5-7-24(8-6-23)33(34(39,40)41,35(42,43)44)52-19-27-28(37)3-2-4-29(27)38/h2-12,21-22H,13-20H2,1H3/t32-,53?/m0/s1. The number of carbonyl (C=O) groups is 1. The van der Waals surface area contributed by atoms with E-state index in [2.05, 4.69) is 14.9 Å². The van der Waals surface area contributed by atoms with Crippen LogP contribution in [0.25, 0.3) is 0 Å². The zero-order valence-corrected chi connectivity index (χ0v) is 28.7. The normalized spacial score (nSPS) is 19.5. The van der Waals surface area contributed by atoms with Crippen LogP contribution in [0.15, 0.2) is 78.0 Å². The Balaban J connectivity index is 1.32. The minimum absolute atomic E-state index is 0.00970. The van der Waals surface area contributed by atoms with Gasteiger partial charge in [0.2, 0.25) is 0 Å². The summed E-state index contributed by atoms with van der Waals surface area (Å²) in [6.45, 7) is -1.17. The maximum absolute atomic E-state index is 14.6. The van der Waals surface area contributed by atoms with Crippen LogP contribution in [0.2, 0.25) is 0 Å². The summed E-state index contributed by atoms with van der Waals surface area (Å²) in [4.78, 5) is 16.9. The summed E-state index contributed by atoms with van der Waals surface area (Å²) in [6.07, 6.45) is -9.58. The summed E-state index contributed by atoms with van der Waals surface area (Å²) in [5.41, 5.74) is -7.56. The van der Waals surface area contributed by atoms with Gasteiger partial charge < -0.3 is 23.7 Å². The third-order valence-corrected chi connectivity index (χ3v) is 11.9. The number of hydrogen-bond acceptors (Lipinski definition) is 5. The molecule has 3 aromatic carbocycles. The van der Waals surface area contributed by atoms with E-state index >= 15 is 0 Å². The molecule has 0 aliphatic carbocycles. The lowest BCUT2D eigenvalue weighted by Crippen LogP contribution is -2.56. The number of ether oxygens (including phenoxy) is 1. The van der Waals surface area contributed by atoms with Crippen LogP contribution in [0.5, 0.6) is 0 Å². The van der Waals surface area contributed by atoms with Crippen molar-refractivity contribution in [2.75, 3.05) is 26.2 Å². The number of hydrogen-bond donors (Lipinski definition) is 0. The number of aryl methyl sites for hydroxylation is 1. The van der Waals surface area contributed by atoms with E-state index in [0.717, 1.165) is 36.2 Å². The fraction of sp³-hybridized carbons (Fsp3) is 0.400. The van der Waals surface area contributed by atoms with Gasteiger partial charge >= 0.3 is 18.4 Å². The van der Waals surface area contributed by atoms with E-state index in [9.17, 15) is 48.9 Å². The van der Waals surface area contributed by atoms with Gasteiger partial charge in [-0.3, -0.25) is 0 Å². The van der Waals surface area contributed by atoms with Gasteiger partial charge in [0, 0.05) is 55.7 Å². The second-order valence-corrected chi connectivity index (χ2v) is 14.8. The number of aromatic nitrogens is 3. The molecule has 2 fully saturated rings. The Kier molecular flexibility index (Phi) is 10.5. The van der Waals surface area contributed by atoms with Crippen LogP contribution >= 0.6 is 0 Å². The van der Waals surface area contributed by atoms with Gasteiger partial charge in [-0.15, -0.1) is 10.2 Å². The van der Waals surface area contributed by atoms with Crippen LogP contribution in [0.1, 0.15) is 47.7 Å². The van der Waals surface area contributed by atoms with Crippen molar-refractivity contribution < 1.29 is 53.6 Å². The van der Waals surface area contributed by atoms with E-state index in [0.29, 0.717) is 50.2 Å². The highest BCUT2D eigenvalue weighted by Gasteiger charge is 2.73. The van der Waals surface area contributed by atoms with Gasteiger partial charge in [-0.05, 0) is 60.4 Å². The summed E-state index contributed by atoms with van der Waals surface area (Å²) >= 11 is -2.10. The van der Waals surface area contributed by atoms with Gasteiger partial charge in [0.05, 0.1) is 13.2 Å². The number of benzene rings is 3. The molecule has 2 saturated heterocycles. The number of likely N-dealkylation sites (tertiary alicyclic amines) is 2. The summed E-state index contributed by atoms with van der Waals surface area (Å²) in [5, 5.41) is 8.06. The van der Waals surface area contributed by atoms with E-state index in [-0.39, 0.29) is 35.9 Å². The number of halogens is 9. The topological polar surface area (TPSA) is 86.6 Å². The minimum atomic E-state index is -6.17. The van der Waals surface area contributed by atoms with Crippen LogP contribution in [0, 0.1) is 17.5 Å². The van der Waals surface area contributed by atoms with Gasteiger partial charge in [0.1, 0.15) is 29.6 Å². The Morgan fingerprint density at radius 1 is 0.887 bits per heavy atom. The number of amides is 2. The van der Waals surface area contributed by atoms with E-state index in [1.54, 1.807) is 15.8 Å². The SMILES string of the molecule is Cn1cnnc1C1CCN(C(=O)N2CC[C@](c3ccc(C(OCc4c(F)cccc4F)(C(F)(F)F)C(F)(F)F)cc3)([S+]([O-])c3ccc(F)cc3)C2)CC1. The number of urea groups is 1. The first-order valence-corrected chi connectivity index (χ1v) is 17.5. The quantitative estimate of drug-likeness (QED) is 0.137. The van der Waals surface area contributed by atoms with Gasteiger partial charge in [-0.25, -0.2) is 18.0 Å². The molecule has 2 aliphatic rings. The Hall–Kier alpha value is -4.29. The van der Waals surface area contributed by atoms with Gasteiger partial charge in [-0.1, -0.05) is 30.3 Å². The van der Waals surface area contributed by atoms with Crippen LogP contribution in [-0.4, -0.2) is 73.7 Å². The highest BCUT2D eigenvalue weighted by atomic mass is 32.2. The summed E-state index contributed by atoms with van der Waals surface area (Å²) in [6, 6.07) is 9.34. The van der Waals surface area contributed by atoms with Crippen LogP contribution in [0.3, 0.4) is 0 Å². The molecular formula is C35H32F9N5O3S. The van der Waals surface area contributed by atoms with E-state index in [4.69, 9.17) is 0 Å². The lowest BCUT2D eigenvalue weighted by atomic mass is 9.88. The zero-order valence-electron chi connectivity index (χ0n) is 27.9. The first-order valence-electron chi connectivity index (χ1n) is 16.3. The van der Waals surface area contributed by atoms with Gasteiger partial charge in [0.15, 0.2) is 9.64 Å². The van der Waals surface area contributed by atoms with Crippen molar-refractivity contribution in [1.29, 1.82) is 0 Å². The monoisotopic (exact) mass is 773 g/mol. The molecule has 0 radical (unpaired) electrons. The molecule has 2 aliphatic heterocycles. The van der Waals surface area contributed by atoms with E-state index in [1.165, 1.54) is 17.0 Å². The highest BCUT2D eigenvalue weighted by Crippen LogP contribution is 2.54. The number of nitrogens with zero attached hydrogens (tertiary/aromatic N) is 5. The molecule has 0 bridgehead atoms. The fourth-order valence-corrected chi connectivity index (χ4v) is 8.74. The second-order valence-electron chi connectivity index (χ2n) is 13.0. The minimum Gasteiger partial charge on any atom is -0.611 e. The van der Waals surface area contributed by atoms with Crippen LogP contribution in [0.4, 0.5) is 44.3 Å². The van der Waals surface area contributed by atoms with Crippen molar-refractivity contribution in [3.05, 3.63) is 113 Å². The Morgan fingerprint density at radius 3 is 2.04 bits per heavy atom. The molecule has 4 aromatic rings. The molecule has 1 aromatic heterocycles. The molecule has 2 amide bonds. The van der Waals surface area contributed by atoms with E-state index < -0.39 is 75.1 Å². The van der Waals surface area contributed by atoms with Gasteiger partial charge in [0.25, 0.3) is 5.60 Å². The van der Waals surface area contributed by atoms with Gasteiger partial charge in [-0.2, -0.15) is 26.3 Å². The fourth-order valence-electron chi connectivity index (χ4n) is 7.01. The van der Waals surface area contributed by atoms with Crippen molar-refractivity contribution in [2.45, 2.75) is 59.4 Å². The van der Waals surface area contributed by atoms with Crippen molar-refractivity contribution in [3.8, 4) is 0 Å². The molecule has 18 heteroatoms. The molecule has 0 saturated carbocycles. The van der Waals surface area contributed by atoms with Crippen LogP contribution in [-0.2, 0) is 39.9 Å². The molecular weight excluding hydrogens is 741 g/mol. The smallest absolute Gasteiger partial charge is 0.430 e. The zero-order chi connectivity index (χ0) is 38.3. The largest absolute Gasteiger partial charge is 0.611 e. The maximum Gasteiger partial charge on any atom is 0.430 e. The van der Waals surface area contributed by atoms with Crippen molar-refractivity contribution in [3.63, 3.8) is 0 Å². The van der Waals surface area contributed by atoms with Crippen molar-refractivity contribution >= 4 is 17.2 Å². The highest BCUT2D eigenvalue weighted by molar-refractivity contribution is 7.92. The molecule has 2 atom stereocenters. The molecule has 284 valence electrons. The molecule has 1 unspecified atom stereocenters. The third-order valence-electron chi connectivity index (χ3n) is 9.87.